The van der Waals surface area contributed by atoms with Crippen LogP contribution in [-0.2, 0) is 28.6 Å². The fourth-order valence-electron chi connectivity index (χ4n) is 8.64. The highest BCUT2D eigenvalue weighted by Crippen LogP contribution is 2.16. The monoisotopic (exact) mass is 1040 g/mol. The van der Waals surface area contributed by atoms with Crippen LogP contribution in [0.2, 0.25) is 0 Å². The van der Waals surface area contributed by atoms with Gasteiger partial charge in [0, 0.05) is 19.3 Å². The number of unbranched alkanes of at least 4 members (excludes halogenated alkanes) is 27. The van der Waals surface area contributed by atoms with Gasteiger partial charge in [-0.25, -0.2) is 0 Å². The molecule has 0 bridgehead atoms. The van der Waals surface area contributed by atoms with Crippen LogP contribution in [0.25, 0.3) is 0 Å². The predicted molar refractivity (Wildman–Crippen MR) is 325 cm³/mol. The van der Waals surface area contributed by atoms with E-state index in [0.717, 1.165) is 122 Å². The summed E-state index contributed by atoms with van der Waals surface area (Å²) in [6.07, 6.45) is 85.4. The molecule has 1 atom stereocenters. The fourth-order valence-corrected chi connectivity index (χ4v) is 8.64. The van der Waals surface area contributed by atoms with Crippen LogP contribution >= 0.6 is 0 Å². The van der Waals surface area contributed by atoms with Crippen LogP contribution in [0.4, 0.5) is 0 Å². The molecular formula is C69H116O6. The third-order valence-electron chi connectivity index (χ3n) is 13.3. The van der Waals surface area contributed by atoms with Gasteiger partial charge in [-0.15, -0.1) is 0 Å². The van der Waals surface area contributed by atoms with Gasteiger partial charge in [-0.2, -0.15) is 0 Å². The highest BCUT2D eigenvalue weighted by atomic mass is 16.6. The van der Waals surface area contributed by atoms with Crippen molar-refractivity contribution in [2.24, 2.45) is 0 Å². The molecule has 0 aromatic heterocycles. The van der Waals surface area contributed by atoms with Crippen molar-refractivity contribution in [3.05, 3.63) is 109 Å². The molecule has 0 saturated carbocycles. The summed E-state index contributed by atoms with van der Waals surface area (Å²) in [6.45, 7) is 6.38. The molecule has 0 amide bonds. The van der Waals surface area contributed by atoms with Crippen molar-refractivity contribution in [3.63, 3.8) is 0 Å². The lowest BCUT2D eigenvalue weighted by Gasteiger charge is -2.18. The summed E-state index contributed by atoms with van der Waals surface area (Å²) >= 11 is 0. The SMILES string of the molecule is CC/C=C\C/C=C\C/C=C\C/C=C\C/C=C\CCCCCCCCCCCCCCCC(=O)OCC(COC(=O)CCCCCCCCC)OC(=O)CCCCCCCCCC/C=C\C/C=C\C/C=C\C/C=C\CC. The van der Waals surface area contributed by atoms with E-state index in [9.17, 15) is 14.4 Å². The van der Waals surface area contributed by atoms with Crippen molar-refractivity contribution in [3.8, 4) is 0 Å². The molecule has 0 heterocycles. The zero-order chi connectivity index (χ0) is 54.3. The van der Waals surface area contributed by atoms with E-state index in [1.807, 2.05) is 0 Å². The summed E-state index contributed by atoms with van der Waals surface area (Å²) in [5.41, 5.74) is 0. The van der Waals surface area contributed by atoms with Gasteiger partial charge >= 0.3 is 17.9 Å². The molecule has 75 heavy (non-hydrogen) atoms. The molecule has 0 fully saturated rings. The van der Waals surface area contributed by atoms with E-state index in [-0.39, 0.29) is 31.1 Å². The summed E-state index contributed by atoms with van der Waals surface area (Å²) in [4.78, 5) is 38.1. The molecule has 0 aliphatic rings. The van der Waals surface area contributed by atoms with E-state index in [1.54, 1.807) is 0 Å². The van der Waals surface area contributed by atoms with Crippen LogP contribution in [0.15, 0.2) is 109 Å². The topological polar surface area (TPSA) is 78.9 Å². The van der Waals surface area contributed by atoms with Gasteiger partial charge in [-0.05, 0) is 103 Å². The largest absolute Gasteiger partial charge is 0.462 e. The van der Waals surface area contributed by atoms with Crippen molar-refractivity contribution < 1.29 is 28.6 Å². The lowest BCUT2D eigenvalue weighted by Crippen LogP contribution is -2.30. The van der Waals surface area contributed by atoms with Gasteiger partial charge in [0.25, 0.3) is 0 Å². The maximum absolute atomic E-state index is 12.9. The minimum absolute atomic E-state index is 0.0803. The normalized spacial score (nSPS) is 12.8. The van der Waals surface area contributed by atoms with Gasteiger partial charge < -0.3 is 14.2 Å². The Morgan fingerprint density at radius 3 is 0.813 bits per heavy atom. The van der Waals surface area contributed by atoms with Gasteiger partial charge in [-0.1, -0.05) is 278 Å². The molecule has 0 spiro atoms. The molecule has 0 aromatic rings. The van der Waals surface area contributed by atoms with Crippen molar-refractivity contribution in [1.29, 1.82) is 0 Å². The highest BCUT2D eigenvalue weighted by molar-refractivity contribution is 5.71. The Hall–Kier alpha value is -3.93. The summed E-state index contributed by atoms with van der Waals surface area (Å²) in [5, 5.41) is 0. The molecule has 0 aliphatic carbocycles. The zero-order valence-corrected chi connectivity index (χ0v) is 49.0. The van der Waals surface area contributed by atoms with Crippen molar-refractivity contribution in [2.45, 2.75) is 297 Å². The average molecular weight is 1040 g/mol. The van der Waals surface area contributed by atoms with Crippen molar-refractivity contribution in [2.75, 3.05) is 13.2 Å². The molecule has 0 saturated heterocycles. The number of carbonyl (C=O) groups is 3. The molecular weight excluding hydrogens is 925 g/mol. The van der Waals surface area contributed by atoms with Gasteiger partial charge in [0.05, 0.1) is 0 Å². The molecule has 0 radical (unpaired) electrons. The maximum atomic E-state index is 12.9. The number of esters is 3. The molecule has 0 N–H and O–H groups in total. The van der Waals surface area contributed by atoms with Crippen LogP contribution in [0, 0.1) is 0 Å². The first-order chi connectivity index (χ1) is 37.0. The number of allylic oxidation sites excluding steroid dienone is 18. The second kappa shape index (κ2) is 62.6. The Kier molecular flexibility index (Phi) is 59.3. The molecule has 1 unspecified atom stereocenters. The molecule has 428 valence electrons. The van der Waals surface area contributed by atoms with Crippen LogP contribution in [0.1, 0.15) is 290 Å². The predicted octanol–water partition coefficient (Wildman–Crippen LogP) is 21.4. The van der Waals surface area contributed by atoms with Gasteiger partial charge in [-0.3, -0.25) is 14.4 Å². The van der Waals surface area contributed by atoms with E-state index in [2.05, 4.69) is 130 Å². The smallest absolute Gasteiger partial charge is 0.306 e. The molecule has 6 nitrogen and oxygen atoms in total. The first-order valence-electron chi connectivity index (χ1n) is 31.4. The Balaban J connectivity index is 4.14. The molecule has 0 aromatic carbocycles. The van der Waals surface area contributed by atoms with E-state index in [1.165, 1.54) is 128 Å². The summed E-state index contributed by atoms with van der Waals surface area (Å²) in [6, 6.07) is 0. The molecule has 0 rings (SSSR count). The van der Waals surface area contributed by atoms with E-state index >= 15 is 0 Å². The summed E-state index contributed by atoms with van der Waals surface area (Å²) in [5.74, 6) is -0.891. The second-order valence-electron chi connectivity index (χ2n) is 20.6. The lowest BCUT2D eigenvalue weighted by molar-refractivity contribution is -0.167. The number of carbonyl (C=O) groups excluding carboxylic acids is 3. The average Bonchev–Trinajstić information content (AvgIpc) is 3.41. The van der Waals surface area contributed by atoms with Crippen LogP contribution in [0.3, 0.4) is 0 Å². The quantitative estimate of drug-likeness (QED) is 0.0261. The van der Waals surface area contributed by atoms with Crippen LogP contribution < -0.4 is 0 Å². The number of rotatable bonds is 56. The molecule has 0 aliphatic heterocycles. The first kappa shape index (κ1) is 71.1. The van der Waals surface area contributed by atoms with E-state index in [0.29, 0.717) is 19.3 Å². The number of hydrogen-bond acceptors (Lipinski definition) is 6. The Morgan fingerprint density at radius 1 is 0.280 bits per heavy atom. The van der Waals surface area contributed by atoms with Gasteiger partial charge in [0.1, 0.15) is 13.2 Å². The standard InChI is InChI=1S/C69H116O6/c1-4-7-10-13-16-18-20-22-24-26-28-30-31-32-33-34-35-36-37-39-40-42-44-46-48-50-53-56-59-62-68(71)74-65-66(64-73-67(70)61-58-55-52-15-12-9-6-3)75-69(72)63-60-57-54-51-49-47-45-43-41-38-29-27-25-23-21-19-17-14-11-8-5-2/h7-8,10-11,16-19,22-25,28-30,32-33,38,66H,4-6,9,12-15,20-21,26-27,31,34-37,39-65H2,1-3H3/b10-7-,11-8-,18-16-,19-17-,24-22-,25-23-,30-28-,33-32-,38-29-. The van der Waals surface area contributed by atoms with Gasteiger partial charge in [0.15, 0.2) is 6.10 Å². The lowest BCUT2D eigenvalue weighted by atomic mass is 10.0. The zero-order valence-electron chi connectivity index (χ0n) is 49.0. The van der Waals surface area contributed by atoms with Gasteiger partial charge in [0.2, 0.25) is 0 Å². The minimum Gasteiger partial charge on any atom is -0.462 e. The highest BCUT2D eigenvalue weighted by Gasteiger charge is 2.19. The van der Waals surface area contributed by atoms with Crippen molar-refractivity contribution in [1.82, 2.24) is 0 Å². The van der Waals surface area contributed by atoms with E-state index in [4.69, 9.17) is 14.2 Å². The van der Waals surface area contributed by atoms with E-state index < -0.39 is 6.10 Å². The minimum atomic E-state index is -0.781. The van der Waals surface area contributed by atoms with Crippen LogP contribution in [-0.4, -0.2) is 37.2 Å². The maximum Gasteiger partial charge on any atom is 0.306 e. The number of ether oxygens (including phenoxy) is 3. The fraction of sp³-hybridized carbons (Fsp3) is 0.696. The third kappa shape index (κ3) is 60.8. The Bertz CT molecular complexity index is 1520. The third-order valence-corrected chi connectivity index (χ3v) is 13.3. The Morgan fingerprint density at radius 2 is 0.520 bits per heavy atom. The van der Waals surface area contributed by atoms with Crippen molar-refractivity contribution >= 4 is 17.9 Å². The van der Waals surface area contributed by atoms with Crippen LogP contribution in [0.5, 0.6) is 0 Å². The summed E-state index contributed by atoms with van der Waals surface area (Å²) in [7, 11) is 0. The second-order valence-corrected chi connectivity index (χ2v) is 20.6. The number of hydrogen-bond donors (Lipinski definition) is 0. The molecule has 6 heteroatoms. The first-order valence-corrected chi connectivity index (χ1v) is 31.4. The Labute approximate surface area is 463 Å². The summed E-state index contributed by atoms with van der Waals surface area (Å²) < 4.78 is 16.8.